The van der Waals surface area contributed by atoms with E-state index in [0.717, 1.165) is 34.2 Å². The first-order chi connectivity index (χ1) is 13.6. The number of carbonyl (C=O) groups is 1. The Balaban J connectivity index is 1.47. The number of aromatic nitrogens is 3. The summed E-state index contributed by atoms with van der Waals surface area (Å²) in [6.45, 7) is 5.32. The molecule has 0 aliphatic carbocycles. The van der Waals surface area contributed by atoms with Gasteiger partial charge in [0.2, 0.25) is 5.88 Å². The molecule has 3 heterocycles. The van der Waals surface area contributed by atoms with Crippen LogP contribution in [-0.2, 0) is 7.05 Å². The molecule has 0 bridgehead atoms. The lowest BCUT2D eigenvalue weighted by molar-refractivity contribution is 0.0743. The molecule has 0 unspecified atom stereocenters. The number of carbonyl (C=O) groups excluding carboxylic acids is 1. The first-order valence-electron chi connectivity index (χ1n) is 9.25. The van der Waals surface area contributed by atoms with Crippen LogP contribution in [0.5, 0.6) is 11.6 Å². The number of rotatable bonds is 5. The number of hydrogen-bond acceptors (Lipinski definition) is 7. The number of benzene rings is 1. The van der Waals surface area contributed by atoms with Crippen molar-refractivity contribution in [1.29, 1.82) is 0 Å². The minimum atomic E-state index is -0.0486. The molecule has 9 heteroatoms. The Morgan fingerprint density at radius 1 is 1.25 bits per heavy atom. The summed E-state index contributed by atoms with van der Waals surface area (Å²) in [4.78, 5) is 21.7. The SMILES string of the molecule is CCOc1cccc2sc(N3CCN(C(=O)c4cn(C)nc4OC)CC3)nc12. The van der Waals surface area contributed by atoms with Gasteiger partial charge in [-0.25, -0.2) is 4.98 Å². The van der Waals surface area contributed by atoms with Crippen LogP contribution in [0.4, 0.5) is 5.13 Å². The van der Waals surface area contributed by atoms with Gasteiger partial charge in [0.15, 0.2) is 5.13 Å². The third-order valence-corrected chi connectivity index (χ3v) is 5.81. The zero-order valence-electron chi connectivity index (χ0n) is 16.2. The Morgan fingerprint density at radius 2 is 2.04 bits per heavy atom. The molecule has 148 valence electrons. The summed E-state index contributed by atoms with van der Waals surface area (Å²) in [6, 6.07) is 6.01. The smallest absolute Gasteiger partial charge is 0.261 e. The summed E-state index contributed by atoms with van der Waals surface area (Å²) in [5, 5.41) is 5.14. The van der Waals surface area contributed by atoms with E-state index in [-0.39, 0.29) is 5.91 Å². The summed E-state index contributed by atoms with van der Waals surface area (Å²) < 4.78 is 13.6. The first-order valence-corrected chi connectivity index (χ1v) is 10.1. The van der Waals surface area contributed by atoms with Gasteiger partial charge in [0.1, 0.15) is 16.8 Å². The zero-order valence-corrected chi connectivity index (χ0v) is 17.0. The maximum atomic E-state index is 12.8. The van der Waals surface area contributed by atoms with Gasteiger partial charge in [-0.1, -0.05) is 17.4 Å². The summed E-state index contributed by atoms with van der Waals surface area (Å²) in [5.74, 6) is 1.14. The molecule has 28 heavy (non-hydrogen) atoms. The number of fused-ring (bicyclic) bond motifs is 1. The third-order valence-electron chi connectivity index (χ3n) is 4.73. The van der Waals surface area contributed by atoms with Crippen molar-refractivity contribution < 1.29 is 14.3 Å². The number of methoxy groups -OCH3 is 1. The molecule has 1 aromatic carbocycles. The Labute approximate surface area is 167 Å². The van der Waals surface area contributed by atoms with Crippen LogP contribution in [0.15, 0.2) is 24.4 Å². The molecule has 8 nitrogen and oxygen atoms in total. The van der Waals surface area contributed by atoms with E-state index in [4.69, 9.17) is 14.5 Å². The van der Waals surface area contributed by atoms with E-state index in [1.807, 2.05) is 24.0 Å². The highest BCUT2D eigenvalue weighted by Crippen LogP contribution is 2.34. The van der Waals surface area contributed by atoms with Crippen LogP contribution in [0.2, 0.25) is 0 Å². The molecule has 1 amide bonds. The fraction of sp³-hybridized carbons (Fsp3) is 0.421. The van der Waals surface area contributed by atoms with Gasteiger partial charge >= 0.3 is 0 Å². The van der Waals surface area contributed by atoms with E-state index >= 15 is 0 Å². The van der Waals surface area contributed by atoms with Crippen LogP contribution in [0.3, 0.4) is 0 Å². The van der Waals surface area contributed by atoms with Crippen molar-refractivity contribution in [3.63, 3.8) is 0 Å². The highest BCUT2D eigenvalue weighted by molar-refractivity contribution is 7.22. The normalized spacial score (nSPS) is 14.5. The topological polar surface area (TPSA) is 72.7 Å². The fourth-order valence-corrected chi connectivity index (χ4v) is 4.39. The highest BCUT2D eigenvalue weighted by atomic mass is 32.1. The van der Waals surface area contributed by atoms with Crippen molar-refractivity contribution in [3.8, 4) is 11.6 Å². The molecule has 1 aliphatic heterocycles. The predicted octanol–water partition coefficient (Wildman–Crippen LogP) is 2.40. The Kier molecular flexibility index (Phi) is 5.08. The molecule has 1 fully saturated rings. The van der Waals surface area contributed by atoms with E-state index in [2.05, 4.69) is 16.1 Å². The van der Waals surface area contributed by atoms with Crippen LogP contribution < -0.4 is 14.4 Å². The molecule has 0 saturated carbocycles. The molecule has 3 aromatic rings. The fourth-order valence-electron chi connectivity index (χ4n) is 3.36. The number of amides is 1. The van der Waals surface area contributed by atoms with Crippen molar-refractivity contribution in [2.45, 2.75) is 6.92 Å². The second-order valence-corrected chi connectivity index (χ2v) is 7.55. The molecular weight excluding hydrogens is 378 g/mol. The molecular formula is C19H23N5O3S. The zero-order chi connectivity index (χ0) is 19.7. The van der Waals surface area contributed by atoms with Crippen LogP contribution in [0, 0.1) is 0 Å². The second kappa shape index (κ2) is 7.67. The van der Waals surface area contributed by atoms with Gasteiger partial charge in [0.05, 0.1) is 18.4 Å². The van der Waals surface area contributed by atoms with Gasteiger partial charge in [-0.05, 0) is 19.1 Å². The van der Waals surface area contributed by atoms with Gasteiger partial charge in [0.25, 0.3) is 5.91 Å². The summed E-state index contributed by atoms with van der Waals surface area (Å²) >= 11 is 1.66. The van der Waals surface area contributed by atoms with Crippen molar-refractivity contribution in [1.82, 2.24) is 19.7 Å². The third kappa shape index (κ3) is 3.37. The number of ether oxygens (including phenoxy) is 2. The van der Waals surface area contributed by atoms with E-state index in [9.17, 15) is 4.79 Å². The maximum absolute atomic E-state index is 12.8. The number of piperazine rings is 1. The van der Waals surface area contributed by atoms with Crippen LogP contribution in [0.25, 0.3) is 10.2 Å². The number of para-hydroxylation sites is 1. The molecule has 0 spiro atoms. The van der Waals surface area contributed by atoms with Crippen molar-refractivity contribution >= 4 is 32.6 Å². The number of anilines is 1. The van der Waals surface area contributed by atoms with E-state index in [0.29, 0.717) is 31.1 Å². The van der Waals surface area contributed by atoms with Crippen molar-refractivity contribution in [2.75, 3.05) is 44.8 Å². The van der Waals surface area contributed by atoms with Gasteiger partial charge in [0, 0.05) is 39.4 Å². The monoisotopic (exact) mass is 401 g/mol. The molecule has 2 aromatic heterocycles. The standard InChI is InChI=1S/C19H23N5O3S/c1-4-27-14-6-5-7-15-16(14)20-19(28-15)24-10-8-23(9-11-24)18(25)13-12-22(2)21-17(13)26-3/h5-7,12H,4,8-11H2,1-3H3. The summed E-state index contributed by atoms with van der Waals surface area (Å²) in [5.41, 5.74) is 1.41. The van der Waals surface area contributed by atoms with Crippen LogP contribution in [0.1, 0.15) is 17.3 Å². The number of thiazole rings is 1. The summed E-state index contributed by atoms with van der Waals surface area (Å²) in [6.07, 6.45) is 1.70. The van der Waals surface area contributed by atoms with Gasteiger partial charge < -0.3 is 19.3 Å². The van der Waals surface area contributed by atoms with Crippen LogP contribution >= 0.6 is 11.3 Å². The average molecular weight is 401 g/mol. The highest BCUT2D eigenvalue weighted by Gasteiger charge is 2.27. The first kappa shape index (κ1) is 18.5. The quantitative estimate of drug-likeness (QED) is 0.654. The minimum Gasteiger partial charge on any atom is -0.492 e. The molecule has 0 N–H and O–H groups in total. The lowest BCUT2D eigenvalue weighted by Gasteiger charge is -2.34. The number of nitrogens with zero attached hydrogens (tertiary/aromatic N) is 5. The van der Waals surface area contributed by atoms with Gasteiger partial charge in [-0.2, -0.15) is 0 Å². The number of aryl methyl sites for hydroxylation is 1. The van der Waals surface area contributed by atoms with Crippen molar-refractivity contribution in [3.05, 3.63) is 30.0 Å². The molecule has 1 aliphatic rings. The minimum absolute atomic E-state index is 0.0486. The Morgan fingerprint density at radius 3 is 2.75 bits per heavy atom. The van der Waals surface area contributed by atoms with Crippen molar-refractivity contribution in [2.24, 2.45) is 7.05 Å². The maximum Gasteiger partial charge on any atom is 0.261 e. The lowest BCUT2D eigenvalue weighted by Crippen LogP contribution is -2.48. The molecule has 0 atom stereocenters. The molecule has 0 radical (unpaired) electrons. The largest absolute Gasteiger partial charge is 0.492 e. The molecule has 4 rings (SSSR count). The summed E-state index contributed by atoms with van der Waals surface area (Å²) in [7, 11) is 3.31. The Bertz CT molecular complexity index is 991. The van der Waals surface area contributed by atoms with E-state index < -0.39 is 0 Å². The van der Waals surface area contributed by atoms with E-state index in [1.54, 1.807) is 29.3 Å². The Hall–Kier alpha value is -2.81. The van der Waals surface area contributed by atoms with Gasteiger partial charge in [-0.15, -0.1) is 5.10 Å². The second-order valence-electron chi connectivity index (χ2n) is 6.54. The average Bonchev–Trinajstić information content (AvgIpc) is 3.32. The predicted molar refractivity (Wildman–Crippen MR) is 109 cm³/mol. The van der Waals surface area contributed by atoms with E-state index in [1.165, 1.54) is 7.11 Å². The van der Waals surface area contributed by atoms with Crippen LogP contribution in [-0.4, -0.2) is 65.5 Å². The molecule has 1 saturated heterocycles. The van der Waals surface area contributed by atoms with Gasteiger partial charge in [-0.3, -0.25) is 9.48 Å². The number of hydrogen-bond donors (Lipinski definition) is 0. The lowest BCUT2D eigenvalue weighted by atomic mass is 10.2.